The highest BCUT2D eigenvalue weighted by molar-refractivity contribution is 6.30. The van der Waals surface area contributed by atoms with Crippen LogP contribution in [0.3, 0.4) is 0 Å². The first-order valence-electron chi connectivity index (χ1n) is 11.3. The van der Waals surface area contributed by atoms with E-state index in [1.807, 2.05) is 50.3 Å². The lowest BCUT2D eigenvalue weighted by molar-refractivity contribution is -0.171. The summed E-state index contributed by atoms with van der Waals surface area (Å²) < 4.78 is 0. The van der Waals surface area contributed by atoms with Crippen molar-refractivity contribution < 1.29 is 10.2 Å². The Bertz CT molecular complexity index is 732. The molecule has 1 aromatic carbocycles. The summed E-state index contributed by atoms with van der Waals surface area (Å²) in [5.74, 6) is 0.854. The maximum absolute atomic E-state index is 11.3. The molecule has 2 fully saturated rings. The lowest BCUT2D eigenvalue weighted by Gasteiger charge is -2.61. The third-order valence-electron chi connectivity index (χ3n) is 8.21. The number of halogens is 1. The van der Waals surface area contributed by atoms with Gasteiger partial charge in [0.2, 0.25) is 0 Å². The zero-order valence-corrected chi connectivity index (χ0v) is 19.6. The summed E-state index contributed by atoms with van der Waals surface area (Å²) in [5, 5.41) is 23.1. The number of fused-ring (bicyclic) bond motifs is 1. The van der Waals surface area contributed by atoms with E-state index in [9.17, 15) is 10.2 Å². The molecule has 5 atom stereocenters. The summed E-state index contributed by atoms with van der Waals surface area (Å²) in [4.78, 5) is 0. The topological polar surface area (TPSA) is 40.5 Å². The Morgan fingerprint density at radius 1 is 1.10 bits per heavy atom. The van der Waals surface area contributed by atoms with Gasteiger partial charge in [0, 0.05) is 5.02 Å². The second-order valence-electron chi connectivity index (χ2n) is 11.1. The van der Waals surface area contributed by atoms with Crippen LogP contribution in [0, 0.1) is 22.7 Å². The van der Waals surface area contributed by atoms with Gasteiger partial charge in [-0.3, -0.25) is 0 Å². The maximum Gasteiger partial charge on any atom is 0.0803 e. The molecule has 0 aromatic heterocycles. The van der Waals surface area contributed by atoms with Crippen LogP contribution in [0.1, 0.15) is 85.1 Å². The fourth-order valence-corrected chi connectivity index (χ4v) is 6.76. The van der Waals surface area contributed by atoms with Crippen LogP contribution < -0.4 is 0 Å². The second kappa shape index (κ2) is 8.02. The minimum absolute atomic E-state index is 0.138. The van der Waals surface area contributed by atoms with Crippen LogP contribution >= 0.6 is 11.6 Å². The first-order chi connectivity index (χ1) is 13.4. The molecule has 2 aliphatic rings. The van der Waals surface area contributed by atoms with Gasteiger partial charge in [0.25, 0.3) is 0 Å². The minimum Gasteiger partial charge on any atom is -0.390 e. The molecule has 0 heterocycles. The highest BCUT2D eigenvalue weighted by Crippen LogP contribution is 2.63. The predicted molar refractivity (Wildman–Crippen MR) is 123 cm³/mol. The van der Waals surface area contributed by atoms with Gasteiger partial charge in [-0.15, -0.1) is 0 Å². The Balaban J connectivity index is 1.75. The quantitative estimate of drug-likeness (QED) is 0.547. The molecule has 0 spiro atoms. The predicted octanol–water partition coefficient (Wildman–Crippen LogP) is 6.88. The second-order valence-corrected chi connectivity index (χ2v) is 11.6. The zero-order valence-electron chi connectivity index (χ0n) is 18.8. The smallest absolute Gasteiger partial charge is 0.0803 e. The van der Waals surface area contributed by atoms with E-state index >= 15 is 0 Å². The zero-order chi connectivity index (χ0) is 21.5. The van der Waals surface area contributed by atoms with Gasteiger partial charge in [0.05, 0.1) is 11.2 Å². The van der Waals surface area contributed by atoms with Crippen LogP contribution in [-0.4, -0.2) is 21.4 Å². The first kappa shape index (κ1) is 22.8. The van der Waals surface area contributed by atoms with E-state index < -0.39 is 11.2 Å². The number of benzene rings is 1. The Hall–Kier alpha value is -0.830. The Morgan fingerprint density at radius 3 is 2.41 bits per heavy atom. The van der Waals surface area contributed by atoms with E-state index in [1.165, 1.54) is 19.3 Å². The summed E-state index contributed by atoms with van der Waals surface area (Å²) in [7, 11) is 0. The van der Waals surface area contributed by atoms with E-state index in [2.05, 4.69) is 20.8 Å². The molecule has 3 heteroatoms. The Morgan fingerprint density at radius 2 is 1.76 bits per heavy atom. The molecule has 2 saturated carbocycles. The highest BCUT2D eigenvalue weighted by atomic mass is 35.5. The molecular weight excluding hydrogens is 380 g/mol. The molecule has 0 amide bonds. The molecule has 0 aliphatic heterocycles. The van der Waals surface area contributed by atoms with Gasteiger partial charge in [0.1, 0.15) is 0 Å². The number of hydrogen-bond donors (Lipinski definition) is 2. The van der Waals surface area contributed by atoms with Crippen LogP contribution in [-0.2, 0) is 0 Å². The molecule has 0 bridgehead atoms. The van der Waals surface area contributed by atoms with Crippen molar-refractivity contribution in [1.82, 2.24) is 0 Å². The number of aliphatic hydroxyl groups is 2. The van der Waals surface area contributed by atoms with Gasteiger partial charge in [-0.1, -0.05) is 63.1 Å². The van der Waals surface area contributed by atoms with E-state index in [0.29, 0.717) is 22.8 Å². The maximum atomic E-state index is 11.3. The van der Waals surface area contributed by atoms with Crippen molar-refractivity contribution in [2.45, 2.75) is 90.8 Å². The van der Waals surface area contributed by atoms with Gasteiger partial charge in [-0.25, -0.2) is 0 Å². The summed E-state index contributed by atoms with van der Waals surface area (Å²) in [6.07, 6.45) is 11.0. The van der Waals surface area contributed by atoms with Gasteiger partial charge in [0.15, 0.2) is 0 Å². The fraction of sp³-hybridized carbons (Fsp3) is 0.692. The fourth-order valence-electron chi connectivity index (χ4n) is 6.63. The molecule has 2 aliphatic carbocycles. The molecular formula is C26H39ClO2. The van der Waals surface area contributed by atoms with Crippen molar-refractivity contribution in [3.63, 3.8) is 0 Å². The molecule has 1 unspecified atom stereocenters. The molecule has 2 nitrogen and oxygen atoms in total. The van der Waals surface area contributed by atoms with E-state index in [-0.39, 0.29) is 11.3 Å². The molecule has 162 valence electrons. The molecule has 2 N–H and O–H groups in total. The van der Waals surface area contributed by atoms with Crippen LogP contribution in [0.15, 0.2) is 30.3 Å². The van der Waals surface area contributed by atoms with Crippen molar-refractivity contribution in [2.75, 3.05) is 0 Å². The Kier molecular flexibility index (Phi) is 6.32. The standard InChI is InChI=1S/C26H39ClO2/c1-23(2)14-6-15-25(4)21(23)13-18-26(5,29)22(25)12-17-24(3,28)16-11-19-7-9-20(27)10-8-19/h7-11,16,21-22,28-29H,6,12-15,17-18H2,1-5H3/b16-11+/t21-,22?,24-,25-,26+/m0/s1. The number of rotatable bonds is 5. The van der Waals surface area contributed by atoms with Crippen molar-refractivity contribution in [3.8, 4) is 0 Å². The minimum atomic E-state index is -0.900. The SMILES string of the molecule is CC1(C)CCC[C@]2(C)C(CC[C@@](C)(O)/C=C/c3ccc(Cl)cc3)[C@](C)(O)CC[C@@H]12. The summed E-state index contributed by atoms with van der Waals surface area (Å²) >= 11 is 5.96. The molecule has 0 radical (unpaired) electrons. The van der Waals surface area contributed by atoms with E-state index in [4.69, 9.17) is 11.6 Å². The van der Waals surface area contributed by atoms with Crippen molar-refractivity contribution in [1.29, 1.82) is 0 Å². The Labute approximate surface area is 182 Å². The van der Waals surface area contributed by atoms with Crippen LogP contribution in [0.2, 0.25) is 5.02 Å². The van der Waals surface area contributed by atoms with Crippen LogP contribution in [0.25, 0.3) is 6.08 Å². The summed E-state index contributed by atoms with van der Waals surface area (Å²) in [6, 6.07) is 7.63. The third kappa shape index (κ3) is 4.92. The van der Waals surface area contributed by atoms with Gasteiger partial charge >= 0.3 is 0 Å². The van der Waals surface area contributed by atoms with Gasteiger partial charge < -0.3 is 10.2 Å². The van der Waals surface area contributed by atoms with Crippen molar-refractivity contribution >= 4 is 17.7 Å². The number of hydrogen-bond acceptors (Lipinski definition) is 2. The van der Waals surface area contributed by atoms with Crippen molar-refractivity contribution in [2.24, 2.45) is 22.7 Å². The van der Waals surface area contributed by atoms with E-state index in [1.54, 1.807) is 0 Å². The van der Waals surface area contributed by atoms with E-state index in [0.717, 1.165) is 24.8 Å². The monoisotopic (exact) mass is 418 g/mol. The molecule has 29 heavy (non-hydrogen) atoms. The van der Waals surface area contributed by atoms with Gasteiger partial charge in [-0.05, 0) is 92.7 Å². The normalized spacial score (nSPS) is 36.6. The third-order valence-corrected chi connectivity index (χ3v) is 8.46. The molecule has 1 aromatic rings. The summed E-state index contributed by atoms with van der Waals surface area (Å²) in [6.45, 7) is 11.1. The first-order valence-corrected chi connectivity index (χ1v) is 11.6. The average Bonchev–Trinajstić information content (AvgIpc) is 2.59. The van der Waals surface area contributed by atoms with Crippen LogP contribution in [0.4, 0.5) is 0 Å². The summed E-state index contributed by atoms with van der Waals surface area (Å²) in [5.41, 5.74) is -0.0591. The molecule has 0 saturated heterocycles. The van der Waals surface area contributed by atoms with Crippen molar-refractivity contribution in [3.05, 3.63) is 40.9 Å². The lowest BCUT2D eigenvalue weighted by Crippen LogP contribution is -2.57. The van der Waals surface area contributed by atoms with Crippen LogP contribution in [0.5, 0.6) is 0 Å². The lowest BCUT2D eigenvalue weighted by atomic mass is 9.45. The van der Waals surface area contributed by atoms with Gasteiger partial charge in [-0.2, -0.15) is 0 Å². The average molecular weight is 419 g/mol. The highest BCUT2D eigenvalue weighted by Gasteiger charge is 2.57. The largest absolute Gasteiger partial charge is 0.390 e. The molecule has 3 rings (SSSR count).